The van der Waals surface area contributed by atoms with E-state index in [4.69, 9.17) is 9.63 Å². The van der Waals surface area contributed by atoms with E-state index in [0.29, 0.717) is 35.5 Å². The van der Waals surface area contributed by atoms with Crippen LogP contribution < -0.4 is 5.32 Å². The molecule has 0 saturated carbocycles. The molecule has 2 heterocycles. The first-order valence-corrected chi connectivity index (χ1v) is 6.20. The number of aliphatic carboxylic acids is 1. The van der Waals surface area contributed by atoms with E-state index in [0.717, 1.165) is 0 Å². The van der Waals surface area contributed by atoms with E-state index in [9.17, 15) is 4.79 Å². The van der Waals surface area contributed by atoms with E-state index in [1.54, 1.807) is 12.3 Å². The first-order valence-electron chi connectivity index (χ1n) is 5.33. The third-order valence-electron chi connectivity index (χ3n) is 2.08. The van der Waals surface area contributed by atoms with Crippen molar-refractivity contribution in [3.8, 4) is 0 Å². The minimum atomic E-state index is -0.880. The number of nitrogens with one attached hydrogen (secondary N) is 1. The fourth-order valence-corrected chi connectivity index (χ4v) is 2.09. The number of anilines is 1. The molecule has 0 saturated heterocycles. The van der Waals surface area contributed by atoms with E-state index in [1.807, 2.05) is 0 Å². The van der Waals surface area contributed by atoms with Crippen molar-refractivity contribution in [3.05, 3.63) is 22.8 Å². The number of carboxylic acids is 1. The minimum Gasteiger partial charge on any atom is -0.481 e. The third kappa shape index (κ3) is 3.52. The minimum absolute atomic E-state index is 0.0534. The Morgan fingerprint density at radius 3 is 3.06 bits per heavy atom. The molecule has 0 aliphatic carbocycles. The van der Waals surface area contributed by atoms with Crippen molar-refractivity contribution in [3.63, 3.8) is 0 Å². The number of nitrogens with zero attached hydrogens (tertiary/aromatic N) is 3. The number of rotatable bonds is 6. The van der Waals surface area contributed by atoms with Crippen LogP contribution in [0.2, 0.25) is 0 Å². The Morgan fingerprint density at radius 1 is 1.56 bits per heavy atom. The maximum atomic E-state index is 10.5. The maximum Gasteiger partial charge on any atom is 0.309 e. The Balaban J connectivity index is 1.79. The van der Waals surface area contributed by atoms with Gasteiger partial charge in [-0.2, -0.15) is 4.98 Å². The Labute approximate surface area is 107 Å². The molecule has 0 amide bonds. The molecule has 96 valence electrons. The van der Waals surface area contributed by atoms with Crippen LogP contribution in [0.5, 0.6) is 0 Å². The van der Waals surface area contributed by atoms with Gasteiger partial charge in [-0.15, -0.1) is 11.3 Å². The van der Waals surface area contributed by atoms with Gasteiger partial charge in [-0.1, -0.05) is 5.16 Å². The zero-order valence-electron chi connectivity index (χ0n) is 9.71. The van der Waals surface area contributed by atoms with Crippen molar-refractivity contribution < 1.29 is 14.4 Å². The van der Waals surface area contributed by atoms with Crippen molar-refractivity contribution in [2.75, 3.05) is 11.9 Å². The number of aromatic nitrogens is 3. The second-order valence-corrected chi connectivity index (χ2v) is 4.48. The molecule has 2 rings (SSSR count). The summed E-state index contributed by atoms with van der Waals surface area (Å²) < 4.78 is 4.85. The van der Waals surface area contributed by atoms with Crippen molar-refractivity contribution in [2.45, 2.75) is 19.8 Å². The average molecular weight is 268 g/mol. The van der Waals surface area contributed by atoms with E-state index in [2.05, 4.69) is 20.4 Å². The molecule has 8 heteroatoms. The highest BCUT2D eigenvalue weighted by molar-refractivity contribution is 7.13. The fourth-order valence-electron chi connectivity index (χ4n) is 1.35. The maximum absolute atomic E-state index is 10.5. The molecule has 2 aromatic heterocycles. The van der Waals surface area contributed by atoms with Gasteiger partial charge in [0.15, 0.2) is 11.0 Å². The summed E-state index contributed by atoms with van der Waals surface area (Å²) in [7, 11) is 0. The standard InChI is InChI=1S/C10H12N4O3S/c1-6-12-8(14-17-6)2-3-11-10-13-7(5-18-10)4-9(15)16/h5H,2-4H2,1H3,(H,11,13)(H,15,16). The smallest absolute Gasteiger partial charge is 0.309 e. The quantitative estimate of drug-likeness (QED) is 0.809. The average Bonchev–Trinajstić information content (AvgIpc) is 2.88. The van der Waals surface area contributed by atoms with E-state index < -0.39 is 5.97 Å². The van der Waals surface area contributed by atoms with Gasteiger partial charge in [0.1, 0.15) is 0 Å². The molecule has 2 aromatic rings. The summed E-state index contributed by atoms with van der Waals surface area (Å²) in [6.45, 7) is 2.36. The second kappa shape index (κ2) is 5.58. The number of carboxylic acid groups (broad SMARTS) is 1. The molecule has 0 aliphatic heterocycles. The summed E-state index contributed by atoms with van der Waals surface area (Å²) in [6.07, 6.45) is 0.577. The van der Waals surface area contributed by atoms with E-state index >= 15 is 0 Å². The Kier molecular flexibility index (Phi) is 3.88. The van der Waals surface area contributed by atoms with Gasteiger partial charge >= 0.3 is 5.97 Å². The highest BCUT2D eigenvalue weighted by atomic mass is 32.1. The molecule has 0 aromatic carbocycles. The molecular weight excluding hydrogens is 256 g/mol. The van der Waals surface area contributed by atoms with Crippen LogP contribution in [0.3, 0.4) is 0 Å². The van der Waals surface area contributed by atoms with Crippen molar-refractivity contribution in [2.24, 2.45) is 0 Å². The van der Waals surface area contributed by atoms with Gasteiger partial charge in [-0.25, -0.2) is 4.98 Å². The van der Waals surface area contributed by atoms with Crippen LogP contribution in [-0.4, -0.2) is 32.7 Å². The third-order valence-corrected chi connectivity index (χ3v) is 2.93. The molecule has 0 unspecified atom stereocenters. The van der Waals surface area contributed by atoms with Crippen LogP contribution in [0.25, 0.3) is 0 Å². The number of carbonyl (C=O) groups is 1. The van der Waals surface area contributed by atoms with Gasteiger partial charge in [-0.05, 0) is 0 Å². The zero-order chi connectivity index (χ0) is 13.0. The Hall–Kier alpha value is -1.96. The summed E-state index contributed by atoms with van der Waals surface area (Å²) in [5.41, 5.74) is 0.561. The lowest BCUT2D eigenvalue weighted by atomic mass is 10.3. The van der Waals surface area contributed by atoms with Crippen molar-refractivity contribution in [1.29, 1.82) is 0 Å². The van der Waals surface area contributed by atoms with Crippen LogP contribution in [-0.2, 0) is 17.6 Å². The first kappa shape index (κ1) is 12.5. The van der Waals surface area contributed by atoms with Crippen LogP contribution in [0.4, 0.5) is 5.13 Å². The molecule has 0 fully saturated rings. The molecule has 0 bridgehead atoms. The lowest BCUT2D eigenvalue weighted by molar-refractivity contribution is -0.136. The molecule has 0 atom stereocenters. The summed E-state index contributed by atoms with van der Waals surface area (Å²) in [5, 5.41) is 17.9. The van der Waals surface area contributed by atoms with Crippen LogP contribution >= 0.6 is 11.3 Å². The van der Waals surface area contributed by atoms with Gasteiger partial charge in [0, 0.05) is 25.3 Å². The van der Waals surface area contributed by atoms with Gasteiger partial charge in [-0.3, -0.25) is 4.79 Å². The summed E-state index contributed by atoms with van der Waals surface area (Å²) in [6, 6.07) is 0. The zero-order valence-corrected chi connectivity index (χ0v) is 10.5. The van der Waals surface area contributed by atoms with Crippen LogP contribution in [0.15, 0.2) is 9.90 Å². The topological polar surface area (TPSA) is 101 Å². The second-order valence-electron chi connectivity index (χ2n) is 3.62. The molecule has 0 aliphatic rings. The predicted octanol–water partition coefficient (Wildman–Crippen LogP) is 1.12. The summed E-state index contributed by atoms with van der Waals surface area (Å²) >= 11 is 1.38. The van der Waals surface area contributed by atoms with Crippen molar-refractivity contribution in [1.82, 2.24) is 15.1 Å². The molecule has 2 N–H and O–H groups in total. The molecule has 0 spiro atoms. The molecular formula is C10H12N4O3S. The normalized spacial score (nSPS) is 10.5. The summed E-state index contributed by atoms with van der Waals surface area (Å²) in [5.74, 6) is 0.305. The predicted molar refractivity (Wildman–Crippen MR) is 64.7 cm³/mol. The largest absolute Gasteiger partial charge is 0.481 e. The molecule has 0 radical (unpaired) electrons. The van der Waals surface area contributed by atoms with Gasteiger partial charge < -0.3 is 14.9 Å². The SMILES string of the molecule is Cc1nc(CCNc2nc(CC(=O)O)cs2)no1. The Morgan fingerprint density at radius 2 is 2.39 bits per heavy atom. The van der Waals surface area contributed by atoms with Gasteiger partial charge in [0.25, 0.3) is 0 Å². The van der Waals surface area contributed by atoms with Gasteiger partial charge in [0.2, 0.25) is 5.89 Å². The number of hydrogen-bond acceptors (Lipinski definition) is 7. The van der Waals surface area contributed by atoms with Crippen LogP contribution in [0.1, 0.15) is 17.4 Å². The first-order chi connectivity index (χ1) is 8.63. The lowest BCUT2D eigenvalue weighted by Gasteiger charge is -1.98. The highest BCUT2D eigenvalue weighted by Gasteiger charge is 2.06. The van der Waals surface area contributed by atoms with Crippen molar-refractivity contribution >= 4 is 22.4 Å². The van der Waals surface area contributed by atoms with E-state index in [1.165, 1.54) is 11.3 Å². The highest BCUT2D eigenvalue weighted by Crippen LogP contribution is 2.15. The van der Waals surface area contributed by atoms with Crippen LogP contribution in [0, 0.1) is 6.92 Å². The summed E-state index contributed by atoms with van der Waals surface area (Å²) in [4.78, 5) is 18.7. The van der Waals surface area contributed by atoms with E-state index in [-0.39, 0.29) is 6.42 Å². The van der Waals surface area contributed by atoms with Gasteiger partial charge in [0.05, 0.1) is 12.1 Å². The molecule has 7 nitrogen and oxygen atoms in total. The molecule has 18 heavy (non-hydrogen) atoms. The number of thiazole rings is 1. The lowest BCUT2D eigenvalue weighted by Crippen LogP contribution is -2.06. The number of aryl methyl sites for hydroxylation is 1. The Bertz CT molecular complexity index is 537. The number of hydrogen-bond donors (Lipinski definition) is 2. The monoisotopic (exact) mass is 268 g/mol. The fraction of sp³-hybridized carbons (Fsp3) is 0.400.